The number of amides is 4. The van der Waals surface area contributed by atoms with Crippen molar-refractivity contribution in [2.45, 2.75) is 76.4 Å². The first-order chi connectivity index (χ1) is 22.5. The van der Waals surface area contributed by atoms with Crippen LogP contribution in [0.1, 0.15) is 62.5 Å². The number of anilines is 1. The van der Waals surface area contributed by atoms with E-state index in [1.54, 1.807) is 0 Å². The molecular weight excluding hydrogens is 574 g/mol. The van der Waals surface area contributed by atoms with Crippen molar-refractivity contribution in [3.63, 3.8) is 0 Å². The largest absolute Gasteiger partial charge is 0.343 e. The van der Waals surface area contributed by atoms with Gasteiger partial charge in [-0.1, -0.05) is 67.1 Å². The van der Waals surface area contributed by atoms with Crippen LogP contribution in [0.25, 0.3) is 10.8 Å². The normalized spacial score (nSPS) is 20.8. The van der Waals surface area contributed by atoms with Gasteiger partial charge in [0.1, 0.15) is 0 Å². The van der Waals surface area contributed by atoms with Crippen LogP contribution in [-0.4, -0.2) is 88.8 Å². The number of hydrogen-bond donors (Lipinski definition) is 1. The summed E-state index contributed by atoms with van der Waals surface area (Å²) < 4.78 is 0. The smallest absolute Gasteiger partial charge is 0.322 e. The van der Waals surface area contributed by atoms with E-state index in [1.807, 2.05) is 45.0 Å². The number of nitrogens with one attached hydrogen (secondary N) is 1. The molecule has 3 aromatic carbocycles. The Hall–Kier alpha value is -3.91. The molecule has 3 aromatic rings. The lowest BCUT2D eigenvalue weighted by molar-refractivity contribution is -0.143. The summed E-state index contributed by atoms with van der Waals surface area (Å²) in [7, 11) is 0. The molecular formula is C38H47N5O3. The van der Waals surface area contributed by atoms with Crippen molar-refractivity contribution in [2.24, 2.45) is 5.92 Å². The molecule has 46 heavy (non-hydrogen) atoms. The second-order valence-corrected chi connectivity index (χ2v) is 13.7. The number of nitrogens with zero attached hydrogens (tertiary/aromatic N) is 4. The summed E-state index contributed by atoms with van der Waals surface area (Å²) >= 11 is 0. The molecule has 8 heteroatoms. The van der Waals surface area contributed by atoms with Crippen molar-refractivity contribution < 1.29 is 14.4 Å². The van der Waals surface area contributed by atoms with Gasteiger partial charge < -0.3 is 24.9 Å². The summed E-state index contributed by atoms with van der Waals surface area (Å²) in [5.74, 6) is -0.225. The molecule has 4 amide bonds. The fraction of sp³-hybridized carbons (Fsp3) is 0.500. The number of fused-ring (bicyclic) bond motifs is 2. The van der Waals surface area contributed by atoms with Crippen LogP contribution in [0.3, 0.4) is 0 Å². The van der Waals surface area contributed by atoms with Crippen molar-refractivity contribution in [3.05, 3.63) is 77.9 Å². The average Bonchev–Trinajstić information content (AvgIpc) is 3.11. The molecule has 242 valence electrons. The monoisotopic (exact) mass is 621 g/mol. The van der Waals surface area contributed by atoms with E-state index in [0.29, 0.717) is 32.1 Å². The number of hydrogen-bond acceptors (Lipinski definition) is 4. The van der Waals surface area contributed by atoms with Crippen LogP contribution in [0, 0.1) is 5.92 Å². The Balaban J connectivity index is 1.02. The Bertz CT molecular complexity index is 1550. The highest BCUT2D eigenvalue weighted by Gasteiger charge is 2.36. The maximum absolute atomic E-state index is 14.2. The second kappa shape index (κ2) is 13.8. The SMILES string of the molecule is O=C(C[C@@H](Cc1cccc2ccccc12)C(=O)N1CCC(N2CCCCC2)CC1)N1CCC(N2Cc3ccccc3NC2=O)CC1. The Morgan fingerprint density at radius 3 is 2.22 bits per heavy atom. The van der Waals surface area contributed by atoms with Gasteiger partial charge >= 0.3 is 6.03 Å². The topological polar surface area (TPSA) is 76.2 Å². The highest BCUT2D eigenvalue weighted by Crippen LogP contribution is 2.30. The van der Waals surface area contributed by atoms with E-state index < -0.39 is 5.92 Å². The zero-order valence-electron chi connectivity index (χ0n) is 26.9. The number of carbonyl (C=O) groups excluding carboxylic acids is 3. The number of para-hydroxylation sites is 1. The van der Waals surface area contributed by atoms with Crippen molar-refractivity contribution in [1.29, 1.82) is 0 Å². The van der Waals surface area contributed by atoms with Crippen LogP contribution >= 0.6 is 0 Å². The van der Waals surface area contributed by atoms with Crippen LogP contribution in [0.4, 0.5) is 10.5 Å². The molecule has 0 radical (unpaired) electrons. The van der Waals surface area contributed by atoms with Gasteiger partial charge in [0.25, 0.3) is 0 Å². The lowest BCUT2D eigenvalue weighted by Gasteiger charge is -2.41. The molecule has 1 atom stereocenters. The molecule has 0 spiro atoms. The first-order valence-corrected chi connectivity index (χ1v) is 17.5. The molecule has 3 saturated heterocycles. The number of likely N-dealkylation sites (tertiary alicyclic amines) is 3. The molecule has 0 aromatic heterocycles. The molecule has 4 aliphatic heterocycles. The fourth-order valence-electron chi connectivity index (χ4n) is 8.26. The second-order valence-electron chi connectivity index (χ2n) is 13.7. The highest BCUT2D eigenvalue weighted by molar-refractivity contribution is 5.92. The van der Waals surface area contributed by atoms with Gasteiger partial charge in [-0.15, -0.1) is 0 Å². The molecule has 0 aliphatic carbocycles. The number of urea groups is 1. The number of carbonyl (C=O) groups is 3. The van der Waals surface area contributed by atoms with Gasteiger partial charge in [-0.25, -0.2) is 4.79 Å². The average molecular weight is 622 g/mol. The Labute approximate surface area is 272 Å². The Morgan fingerprint density at radius 1 is 0.739 bits per heavy atom. The first kappa shape index (κ1) is 30.7. The molecule has 7 rings (SSSR count). The van der Waals surface area contributed by atoms with E-state index in [-0.39, 0.29) is 30.3 Å². The van der Waals surface area contributed by atoms with Gasteiger partial charge in [-0.2, -0.15) is 0 Å². The Kier molecular flexibility index (Phi) is 9.24. The van der Waals surface area contributed by atoms with Gasteiger partial charge in [0.2, 0.25) is 11.8 Å². The first-order valence-electron chi connectivity index (χ1n) is 17.5. The maximum Gasteiger partial charge on any atom is 0.322 e. The van der Waals surface area contributed by atoms with Gasteiger partial charge in [-0.05, 0) is 86.0 Å². The summed E-state index contributed by atoms with van der Waals surface area (Å²) in [5.41, 5.74) is 3.13. The number of rotatable bonds is 7. The van der Waals surface area contributed by atoms with E-state index in [4.69, 9.17) is 0 Å². The van der Waals surface area contributed by atoms with Gasteiger partial charge in [0, 0.05) is 56.9 Å². The van der Waals surface area contributed by atoms with Crippen LogP contribution in [0.5, 0.6) is 0 Å². The molecule has 3 fully saturated rings. The highest BCUT2D eigenvalue weighted by atomic mass is 16.2. The lowest BCUT2D eigenvalue weighted by atomic mass is 9.90. The molecule has 4 aliphatic rings. The standard InChI is InChI=1S/C38H47N5O3/c44-36(41-21-17-33(18-22-41)43-27-30-10-3-5-14-35(30)39-38(43)46)26-31(25-29-12-8-11-28-9-2-4-13-34(28)29)37(45)42-23-15-32(16-24-42)40-19-6-1-7-20-40/h2-5,8-14,31-33H,1,6-7,15-27H2,(H,39,46)/t31-/m1/s1. The van der Waals surface area contributed by atoms with Gasteiger partial charge in [0.15, 0.2) is 0 Å². The van der Waals surface area contributed by atoms with Crippen molar-refractivity contribution in [1.82, 2.24) is 19.6 Å². The van der Waals surface area contributed by atoms with Crippen molar-refractivity contribution >= 4 is 34.3 Å². The minimum Gasteiger partial charge on any atom is -0.343 e. The predicted molar refractivity (Wildman–Crippen MR) is 181 cm³/mol. The third-order valence-electron chi connectivity index (χ3n) is 10.9. The number of piperidine rings is 3. The zero-order valence-corrected chi connectivity index (χ0v) is 26.9. The van der Waals surface area contributed by atoms with Gasteiger partial charge in [-0.3, -0.25) is 9.59 Å². The summed E-state index contributed by atoms with van der Waals surface area (Å²) in [5, 5.41) is 5.34. The van der Waals surface area contributed by atoms with E-state index >= 15 is 0 Å². The van der Waals surface area contributed by atoms with Crippen LogP contribution in [0.15, 0.2) is 66.7 Å². The van der Waals surface area contributed by atoms with E-state index in [2.05, 4.69) is 46.6 Å². The van der Waals surface area contributed by atoms with Crippen molar-refractivity contribution in [3.8, 4) is 0 Å². The summed E-state index contributed by atoms with van der Waals surface area (Å²) in [6.07, 6.45) is 8.19. The third kappa shape index (κ3) is 6.63. The van der Waals surface area contributed by atoms with E-state index in [0.717, 1.165) is 66.4 Å². The third-order valence-corrected chi connectivity index (χ3v) is 10.9. The van der Waals surface area contributed by atoms with Crippen molar-refractivity contribution in [2.75, 3.05) is 44.6 Å². The van der Waals surface area contributed by atoms with Crippen LogP contribution < -0.4 is 5.32 Å². The molecule has 1 N–H and O–H groups in total. The molecule has 0 unspecified atom stereocenters. The Morgan fingerprint density at radius 2 is 1.41 bits per heavy atom. The summed E-state index contributed by atoms with van der Waals surface area (Å²) in [4.78, 5) is 49.5. The zero-order chi connectivity index (χ0) is 31.5. The number of benzene rings is 3. The van der Waals surface area contributed by atoms with Gasteiger partial charge in [0.05, 0.1) is 5.92 Å². The summed E-state index contributed by atoms with van der Waals surface area (Å²) in [6, 6.07) is 23.1. The van der Waals surface area contributed by atoms with E-state index in [9.17, 15) is 14.4 Å². The maximum atomic E-state index is 14.2. The fourth-order valence-corrected chi connectivity index (χ4v) is 8.26. The summed E-state index contributed by atoms with van der Waals surface area (Å²) in [6.45, 7) is 5.71. The van der Waals surface area contributed by atoms with E-state index in [1.165, 1.54) is 32.4 Å². The molecule has 0 bridgehead atoms. The minimum absolute atomic E-state index is 0.0497. The molecule has 8 nitrogen and oxygen atoms in total. The minimum atomic E-state index is -0.396. The van der Waals surface area contributed by atoms with Crippen LogP contribution in [0.2, 0.25) is 0 Å². The molecule has 4 heterocycles. The predicted octanol–water partition coefficient (Wildman–Crippen LogP) is 5.90. The quantitative estimate of drug-likeness (QED) is 0.356. The molecule has 0 saturated carbocycles. The lowest BCUT2D eigenvalue weighted by Crippen LogP contribution is -2.52. The van der Waals surface area contributed by atoms with Crippen LogP contribution in [-0.2, 0) is 22.6 Å².